The van der Waals surface area contributed by atoms with E-state index in [2.05, 4.69) is 21.4 Å². The van der Waals surface area contributed by atoms with E-state index >= 15 is 0 Å². The molecule has 3 rings (SSSR count). The van der Waals surface area contributed by atoms with Crippen LogP contribution < -0.4 is 0 Å². The number of hydrogen-bond acceptors (Lipinski definition) is 3. The first-order chi connectivity index (χ1) is 11.7. The smallest absolute Gasteiger partial charge is 0.222 e. The minimum absolute atomic E-state index is 0.358. The molecule has 1 unspecified atom stereocenters. The van der Waals surface area contributed by atoms with Gasteiger partial charge in [0.2, 0.25) is 5.91 Å². The minimum Gasteiger partial charge on any atom is -0.383 e. The van der Waals surface area contributed by atoms with Crippen LogP contribution in [-0.4, -0.2) is 47.2 Å². The normalized spacial score (nSPS) is 22.2. The van der Waals surface area contributed by atoms with E-state index in [-0.39, 0.29) is 0 Å². The van der Waals surface area contributed by atoms with Crippen LogP contribution in [0.25, 0.3) is 0 Å². The topological polar surface area (TPSA) is 47.4 Å². The summed E-state index contributed by atoms with van der Waals surface area (Å²) in [4.78, 5) is 19.3. The lowest BCUT2D eigenvalue weighted by Gasteiger charge is -2.24. The number of nitrogens with zero attached hydrogens (tertiary/aromatic N) is 3. The molecule has 2 heterocycles. The van der Waals surface area contributed by atoms with Gasteiger partial charge in [-0.2, -0.15) is 0 Å². The second kappa shape index (κ2) is 8.15. The zero-order chi connectivity index (χ0) is 16.9. The summed E-state index contributed by atoms with van der Waals surface area (Å²) >= 11 is 0. The van der Waals surface area contributed by atoms with Crippen LogP contribution in [0.4, 0.5) is 0 Å². The van der Waals surface area contributed by atoms with E-state index < -0.39 is 0 Å². The highest BCUT2D eigenvalue weighted by molar-refractivity contribution is 5.76. The zero-order valence-electron chi connectivity index (χ0n) is 15.2. The lowest BCUT2D eigenvalue weighted by molar-refractivity contribution is -0.131. The molecule has 1 atom stereocenters. The van der Waals surface area contributed by atoms with Crippen LogP contribution in [0.2, 0.25) is 0 Å². The van der Waals surface area contributed by atoms with E-state index in [0.717, 1.165) is 38.3 Å². The van der Waals surface area contributed by atoms with Gasteiger partial charge in [-0.1, -0.05) is 19.3 Å². The largest absolute Gasteiger partial charge is 0.383 e. The fraction of sp³-hybridized carbons (Fsp3) is 0.789. The summed E-state index contributed by atoms with van der Waals surface area (Å²) in [5.74, 6) is 2.47. The van der Waals surface area contributed by atoms with Crippen molar-refractivity contribution in [2.24, 2.45) is 5.92 Å². The number of carbonyl (C=O) groups excluding carboxylic acids is 1. The molecular weight excluding hydrogens is 302 g/mol. The van der Waals surface area contributed by atoms with Crippen molar-refractivity contribution in [2.75, 3.05) is 26.8 Å². The van der Waals surface area contributed by atoms with Crippen molar-refractivity contribution in [1.29, 1.82) is 0 Å². The molecule has 0 aromatic carbocycles. The van der Waals surface area contributed by atoms with Crippen LogP contribution in [-0.2, 0) is 16.1 Å². The molecule has 24 heavy (non-hydrogen) atoms. The third kappa shape index (κ3) is 4.00. The van der Waals surface area contributed by atoms with Crippen molar-refractivity contribution in [3.8, 4) is 0 Å². The lowest BCUT2D eigenvalue weighted by atomic mass is 9.87. The Hall–Kier alpha value is -1.36. The molecule has 0 radical (unpaired) electrons. The molecular formula is C19H31N3O2. The molecule has 5 nitrogen and oxygen atoms in total. The Balaban J connectivity index is 1.57. The second-order valence-corrected chi connectivity index (χ2v) is 7.44. The van der Waals surface area contributed by atoms with E-state index in [1.54, 1.807) is 7.11 Å². The first-order valence-electron chi connectivity index (χ1n) is 9.47. The summed E-state index contributed by atoms with van der Waals surface area (Å²) in [6, 6.07) is 0. The number of methoxy groups -OCH3 is 1. The van der Waals surface area contributed by atoms with Gasteiger partial charge in [-0.05, 0) is 32.1 Å². The molecule has 1 amide bonds. The standard InChI is InChI=1S/C19H31N3O2/c1-15-13-20-19(22(15)10-11-24-2)17-8-9-21(14-17)18(23)12-16-6-4-3-5-7-16/h13,16-17H,3-12,14H2,1-2H3. The Kier molecular flexibility index (Phi) is 5.93. The van der Waals surface area contributed by atoms with Gasteiger partial charge in [0.15, 0.2) is 0 Å². The maximum atomic E-state index is 12.6. The van der Waals surface area contributed by atoms with Crippen LogP contribution in [0.1, 0.15) is 62.4 Å². The summed E-state index contributed by atoms with van der Waals surface area (Å²) in [6.45, 7) is 5.33. The monoisotopic (exact) mass is 333 g/mol. The molecule has 2 fully saturated rings. The van der Waals surface area contributed by atoms with Crippen LogP contribution in [0.5, 0.6) is 0 Å². The van der Waals surface area contributed by atoms with Gasteiger partial charge in [0, 0.05) is 51.0 Å². The third-order valence-electron chi connectivity index (χ3n) is 5.70. The molecule has 1 aliphatic heterocycles. The van der Waals surface area contributed by atoms with E-state index in [0.29, 0.717) is 24.3 Å². The number of aromatic nitrogens is 2. The second-order valence-electron chi connectivity index (χ2n) is 7.44. The first-order valence-corrected chi connectivity index (χ1v) is 9.47. The molecule has 134 valence electrons. The van der Waals surface area contributed by atoms with Crippen molar-refractivity contribution in [3.63, 3.8) is 0 Å². The number of aryl methyl sites for hydroxylation is 1. The highest BCUT2D eigenvalue weighted by Crippen LogP contribution is 2.30. The summed E-state index contributed by atoms with van der Waals surface area (Å²) in [5, 5.41) is 0. The summed E-state index contributed by atoms with van der Waals surface area (Å²) in [6.07, 6.45) is 10.2. The number of amides is 1. The summed E-state index contributed by atoms with van der Waals surface area (Å²) < 4.78 is 7.47. The van der Waals surface area contributed by atoms with E-state index in [9.17, 15) is 4.79 Å². The molecule has 0 spiro atoms. The maximum Gasteiger partial charge on any atom is 0.222 e. The molecule has 1 aromatic heterocycles. The van der Waals surface area contributed by atoms with Gasteiger partial charge in [0.25, 0.3) is 0 Å². The van der Waals surface area contributed by atoms with E-state index in [4.69, 9.17) is 4.74 Å². The van der Waals surface area contributed by atoms with Crippen molar-refractivity contribution < 1.29 is 9.53 Å². The molecule has 1 saturated heterocycles. The Morgan fingerprint density at radius 2 is 2.08 bits per heavy atom. The molecule has 1 aromatic rings. The van der Waals surface area contributed by atoms with Crippen LogP contribution in [0.3, 0.4) is 0 Å². The fourth-order valence-corrected chi connectivity index (χ4v) is 4.24. The highest BCUT2D eigenvalue weighted by atomic mass is 16.5. The molecule has 0 bridgehead atoms. The Morgan fingerprint density at radius 3 is 2.83 bits per heavy atom. The molecule has 1 saturated carbocycles. The van der Waals surface area contributed by atoms with Gasteiger partial charge in [0.05, 0.1) is 6.61 Å². The number of ether oxygens (including phenoxy) is 1. The Labute approximate surface area is 145 Å². The van der Waals surface area contributed by atoms with Crippen molar-refractivity contribution in [2.45, 2.75) is 64.3 Å². The molecule has 0 N–H and O–H groups in total. The van der Waals surface area contributed by atoms with Crippen molar-refractivity contribution >= 4 is 5.91 Å². The number of carbonyl (C=O) groups is 1. The molecule has 2 aliphatic rings. The van der Waals surface area contributed by atoms with Gasteiger partial charge in [-0.15, -0.1) is 0 Å². The van der Waals surface area contributed by atoms with Crippen molar-refractivity contribution in [1.82, 2.24) is 14.5 Å². The third-order valence-corrected chi connectivity index (χ3v) is 5.70. The van der Waals surface area contributed by atoms with E-state index in [1.807, 2.05) is 6.20 Å². The number of imidazole rings is 1. The molecule has 1 aliphatic carbocycles. The average Bonchev–Trinajstić information content (AvgIpc) is 3.21. The van der Waals surface area contributed by atoms with Crippen LogP contribution in [0.15, 0.2) is 6.20 Å². The maximum absolute atomic E-state index is 12.6. The predicted molar refractivity (Wildman–Crippen MR) is 94.0 cm³/mol. The van der Waals surface area contributed by atoms with Gasteiger partial charge < -0.3 is 14.2 Å². The van der Waals surface area contributed by atoms with Crippen LogP contribution in [0, 0.1) is 12.8 Å². The summed E-state index contributed by atoms with van der Waals surface area (Å²) in [7, 11) is 1.73. The number of rotatable bonds is 6. The fourth-order valence-electron chi connectivity index (χ4n) is 4.24. The Bertz CT molecular complexity index is 549. The zero-order valence-corrected chi connectivity index (χ0v) is 15.2. The number of hydrogen-bond donors (Lipinski definition) is 0. The Morgan fingerprint density at radius 1 is 1.29 bits per heavy atom. The van der Waals surface area contributed by atoms with Gasteiger partial charge >= 0.3 is 0 Å². The predicted octanol–water partition coefficient (Wildman–Crippen LogP) is 3.12. The van der Waals surface area contributed by atoms with E-state index in [1.165, 1.54) is 37.8 Å². The minimum atomic E-state index is 0.358. The van der Waals surface area contributed by atoms with Gasteiger partial charge in [0.1, 0.15) is 5.82 Å². The SMILES string of the molecule is COCCn1c(C)cnc1C1CCN(C(=O)CC2CCCCC2)C1. The van der Waals surface area contributed by atoms with Gasteiger partial charge in [-0.25, -0.2) is 4.98 Å². The first kappa shape index (κ1) is 17.5. The quantitative estimate of drug-likeness (QED) is 0.803. The molecule has 5 heteroatoms. The van der Waals surface area contributed by atoms with Crippen LogP contribution >= 0.6 is 0 Å². The average molecular weight is 333 g/mol. The number of likely N-dealkylation sites (tertiary alicyclic amines) is 1. The van der Waals surface area contributed by atoms with Crippen molar-refractivity contribution in [3.05, 3.63) is 17.7 Å². The lowest BCUT2D eigenvalue weighted by Crippen LogP contribution is -2.30. The van der Waals surface area contributed by atoms with Gasteiger partial charge in [-0.3, -0.25) is 4.79 Å². The summed E-state index contributed by atoms with van der Waals surface area (Å²) in [5.41, 5.74) is 1.18. The highest BCUT2D eigenvalue weighted by Gasteiger charge is 2.31.